The summed E-state index contributed by atoms with van der Waals surface area (Å²) in [5, 5.41) is 5.56. The molecule has 1 unspecified atom stereocenters. The van der Waals surface area contributed by atoms with Gasteiger partial charge in [0, 0.05) is 5.70 Å². The van der Waals surface area contributed by atoms with Crippen LogP contribution in [0, 0.1) is 13.8 Å². The van der Waals surface area contributed by atoms with Crippen molar-refractivity contribution >= 4 is 12.0 Å². The minimum absolute atomic E-state index is 0.255. The number of esters is 1. The number of amides is 2. The van der Waals surface area contributed by atoms with Crippen molar-refractivity contribution in [2.24, 2.45) is 0 Å². The Labute approximate surface area is 177 Å². The van der Waals surface area contributed by atoms with Crippen molar-refractivity contribution in [1.29, 1.82) is 0 Å². The fourth-order valence-electron chi connectivity index (χ4n) is 3.52. The zero-order valence-electron chi connectivity index (χ0n) is 18.0. The molecule has 30 heavy (non-hydrogen) atoms. The Morgan fingerprint density at radius 3 is 2.23 bits per heavy atom. The zero-order chi connectivity index (χ0) is 21.8. The molecule has 0 aliphatic carbocycles. The summed E-state index contributed by atoms with van der Waals surface area (Å²) in [5.41, 5.74) is 4.03. The third-order valence-corrected chi connectivity index (χ3v) is 4.71. The van der Waals surface area contributed by atoms with Gasteiger partial charge >= 0.3 is 12.0 Å². The lowest BCUT2D eigenvalue weighted by Gasteiger charge is -2.29. The van der Waals surface area contributed by atoms with Gasteiger partial charge in [-0.3, -0.25) is 0 Å². The van der Waals surface area contributed by atoms with Crippen molar-refractivity contribution < 1.29 is 19.1 Å². The number of aryl methyl sites for hydroxylation is 2. The van der Waals surface area contributed by atoms with E-state index in [1.807, 2.05) is 57.2 Å². The van der Waals surface area contributed by atoms with Crippen molar-refractivity contribution in [3.8, 4) is 11.5 Å². The molecule has 0 saturated heterocycles. The third-order valence-electron chi connectivity index (χ3n) is 4.71. The number of rotatable bonds is 6. The van der Waals surface area contributed by atoms with Crippen LogP contribution >= 0.6 is 0 Å². The molecular formula is C24H28N2O4. The number of carbonyl (C=O) groups excluding carboxylic acids is 2. The van der Waals surface area contributed by atoms with Gasteiger partial charge in [-0.15, -0.1) is 0 Å². The quantitative estimate of drug-likeness (QED) is 0.655. The second-order valence-corrected chi connectivity index (χ2v) is 7.73. The molecule has 0 fully saturated rings. The first-order valence-corrected chi connectivity index (χ1v) is 10.1. The van der Waals surface area contributed by atoms with E-state index in [1.165, 1.54) is 0 Å². The van der Waals surface area contributed by atoms with Gasteiger partial charge in [0.25, 0.3) is 0 Å². The van der Waals surface area contributed by atoms with E-state index in [0.717, 1.165) is 22.4 Å². The van der Waals surface area contributed by atoms with Crippen molar-refractivity contribution in [2.45, 2.75) is 53.2 Å². The maximum Gasteiger partial charge on any atom is 0.338 e. The molecule has 0 spiro atoms. The van der Waals surface area contributed by atoms with Gasteiger partial charge in [-0.25, -0.2) is 9.59 Å². The third kappa shape index (κ3) is 5.00. The molecule has 0 saturated carbocycles. The molecule has 2 aromatic rings. The van der Waals surface area contributed by atoms with Crippen molar-refractivity contribution in [3.63, 3.8) is 0 Å². The van der Waals surface area contributed by atoms with E-state index < -0.39 is 12.0 Å². The second-order valence-electron chi connectivity index (χ2n) is 7.73. The largest absolute Gasteiger partial charge is 0.459 e. The van der Waals surface area contributed by atoms with Crippen LogP contribution in [0.2, 0.25) is 0 Å². The average molecular weight is 408 g/mol. The number of hydrogen-bond donors (Lipinski definition) is 2. The molecule has 2 amide bonds. The molecule has 6 heteroatoms. The van der Waals surface area contributed by atoms with Crippen LogP contribution in [0.4, 0.5) is 4.79 Å². The standard InChI is InChI=1S/C24H28N2O4/c1-6-20-21(23(27)29-14(2)3)22(26-24(28)25-20)17-7-9-18(10-8-17)30-19-12-15(4)11-16(5)13-19/h7-14,22H,6H2,1-5H3,(H2,25,26,28). The molecule has 3 rings (SSSR count). The second kappa shape index (κ2) is 9.03. The van der Waals surface area contributed by atoms with Crippen LogP contribution in [-0.4, -0.2) is 18.1 Å². The summed E-state index contributed by atoms with van der Waals surface area (Å²) in [6.45, 7) is 9.54. The van der Waals surface area contributed by atoms with E-state index in [9.17, 15) is 9.59 Å². The molecule has 2 N–H and O–H groups in total. The van der Waals surface area contributed by atoms with Crippen molar-refractivity contribution in [2.75, 3.05) is 0 Å². The minimum atomic E-state index is -0.588. The summed E-state index contributed by atoms with van der Waals surface area (Å²) in [6, 6.07) is 12.5. The molecule has 0 bridgehead atoms. The number of benzene rings is 2. The lowest BCUT2D eigenvalue weighted by molar-refractivity contribution is -0.143. The Hall–Kier alpha value is -3.28. The first-order valence-electron chi connectivity index (χ1n) is 10.1. The highest BCUT2D eigenvalue weighted by Crippen LogP contribution is 2.31. The highest BCUT2D eigenvalue weighted by Gasteiger charge is 2.33. The molecule has 6 nitrogen and oxygen atoms in total. The van der Waals surface area contributed by atoms with Gasteiger partial charge in [-0.2, -0.15) is 0 Å². The number of urea groups is 1. The normalized spacial score (nSPS) is 16.2. The first-order chi connectivity index (χ1) is 14.3. The van der Waals surface area contributed by atoms with Crippen LogP contribution in [-0.2, 0) is 9.53 Å². The van der Waals surface area contributed by atoms with E-state index in [1.54, 1.807) is 13.8 Å². The van der Waals surface area contributed by atoms with Gasteiger partial charge in [0.05, 0.1) is 17.7 Å². The van der Waals surface area contributed by atoms with Crippen LogP contribution in [0.5, 0.6) is 11.5 Å². The van der Waals surface area contributed by atoms with Gasteiger partial charge in [-0.1, -0.05) is 25.1 Å². The van der Waals surface area contributed by atoms with E-state index in [2.05, 4.69) is 16.7 Å². The molecule has 1 heterocycles. The zero-order valence-corrected chi connectivity index (χ0v) is 18.0. The highest BCUT2D eigenvalue weighted by molar-refractivity contribution is 5.95. The monoisotopic (exact) mass is 408 g/mol. The fraction of sp³-hybridized carbons (Fsp3) is 0.333. The summed E-state index contributed by atoms with van der Waals surface area (Å²) in [6.07, 6.45) is 0.260. The Balaban J connectivity index is 1.88. The van der Waals surface area contributed by atoms with Crippen LogP contribution in [0.15, 0.2) is 53.7 Å². The molecule has 1 aliphatic rings. The number of allylic oxidation sites excluding steroid dienone is 1. The number of ether oxygens (including phenoxy) is 2. The lowest BCUT2D eigenvalue weighted by Crippen LogP contribution is -2.46. The fourth-order valence-corrected chi connectivity index (χ4v) is 3.52. The Morgan fingerprint density at radius 1 is 1.03 bits per heavy atom. The first kappa shape index (κ1) is 21.4. The summed E-state index contributed by atoms with van der Waals surface area (Å²) in [7, 11) is 0. The Bertz CT molecular complexity index is 957. The van der Waals surface area contributed by atoms with Crippen molar-refractivity contribution in [1.82, 2.24) is 10.6 Å². The molecule has 1 aliphatic heterocycles. The number of hydrogen-bond acceptors (Lipinski definition) is 4. The van der Waals surface area contributed by atoms with E-state index in [-0.39, 0.29) is 12.1 Å². The van der Waals surface area contributed by atoms with Gasteiger partial charge in [-0.05, 0) is 75.1 Å². The Kier molecular flexibility index (Phi) is 6.45. The summed E-state index contributed by atoms with van der Waals surface area (Å²) in [4.78, 5) is 24.9. The van der Waals surface area contributed by atoms with Crippen LogP contribution in [0.3, 0.4) is 0 Å². The van der Waals surface area contributed by atoms with E-state index >= 15 is 0 Å². The molecule has 2 aromatic carbocycles. The van der Waals surface area contributed by atoms with Crippen molar-refractivity contribution in [3.05, 3.63) is 70.4 Å². The molecule has 0 radical (unpaired) electrons. The molecule has 1 atom stereocenters. The molecular weight excluding hydrogens is 380 g/mol. The van der Waals surface area contributed by atoms with Gasteiger partial charge in [0.1, 0.15) is 11.5 Å². The summed E-state index contributed by atoms with van der Waals surface area (Å²) >= 11 is 0. The smallest absolute Gasteiger partial charge is 0.338 e. The average Bonchev–Trinajstić information content (AvgIpc) is 2.66. The van der Waals surface area contributed by atoms with Crippen LogP contribution in [0.1, 0.15) is 49.9 Å². The van der Waals surface area contributed by atoms with Crippen LogP contribution < -0.4 is 15.4 Å². The van der Waals surface area contributed by atoms with Gasteiger partial charge < -0.3 is 20.1 Å². The van der Waals surface area contributed by atoms with Crippen LogP contribution in [0.25, 0.3) is 0 Å². The predicted octanol–water partition coefficient (Wildman–Crippen LogP) is 5.07. The molecule has 158 valence electrons. The maximum atomic E-state index is 12.7. The van der Waals surface area contributed by atoms with E-state index in [4.69, 9.17) is 9.47 Å². The number of carbonyl (C=O) groups is 2. The maximum absolute atomic E-state index is 12.7. The number of nitrogens with one attached hydrogen (secondary N) is 2. The SMILES string of the molecule is CCC1=C(C(=O)OC(C)C)C(c2ccc(Oc3cc(C)cc(C)c3)cc2)NC(=O)N1. The van der Waals surface area contributed by atoms with E-state index in [0.29, 0.717) is 23.4 Å². The topological polar surface area (TPSA) is 76.7 Å². The Morgan fingerprint density at radius 2 is 1.67 bits per heavy atom. The van der Waals surface area contributed by atoms with Gasteiger partial charge in [0.15, 0.2) is 0 Å². The lowest BCUT2D eigenvalue weighted by atomic mass is 9.94. The predicted molar refractivity (Wildman–Crippen MR) is 115 cm³/mol. The van der Waals surface area contributed by atoms with Gasteiger partial charge in [0.2, 0.25) is 0 Å². The molecule has 0 aromatic heterocycles. The minimum Gasteiger partial charge on any atom is -0.459 e. The highest BCUT2D eigenvalue weighted by atomic mass is 16.5. The summed E-state index contributed by atoms with van der Waals surface area (Å²) < 4.78 is 11.4. The summed E-state index contributed by atoms with van der Waals surface area (Å²) in [5.74, 6) is 1.01.